The number of carboxylic acids is 1. The first-order valence-electron chi connectivity index (χ1n) is 9.48. The van der Waals surface area contributed by atoms with E-state index < -0.39 is 5.97 Å². The lowest BCUT2D eigenvalue weighted by atomic mass is 10.1. The van der Waals surface area contributed by atoms with Gasteiger partial charge in [0.15, 0.2) is 11.5 Å². The molecule has 0 spiro atoms. The first-order chi connectivity index (χ1) is 14.8. The highest BCUT2D eigenvalue weighted by Crippen LogP contribution is 2.39. The minimum absolute atomic E-state index is 0.0496. The van der Waals surface area contributed by atoms with E-state index in [1.807, 2.05) is 0 Å². The molecule has 7 nitrogen and oxygen atoms in total. The minimum Gasteiger partial charge on any atom is -0.545 e. The molecule has 31 heavy (non-hydrogen) atoms. The zero-order valence-electron chi connectivity index (χ0n) is 16.8. The first kappa shape index (κ1) is 22.7. The van der Waals surface area contributed by atoms with Gasteiger partial charge >= 0.3 is 0 Å². The van der Waals surface area contributed by atoms with E-state index in [-0.39, 0.29) is 28.3 Å². The van der Waals surface area contributed by atoms with Gasteiger partial charge in [-0.05, 0) is 66.6 Å². The van der Waals surface area contributed by atoms with Gasteiger partial charge in [0.05, 0.1) is 22.5 Å². The second kappa shape index (κ2) is 9.89. The van der Waals surface area contributed by atoms with Crippen LogP contribution in [0.1, 0.15) is 35.3 Å². The van der Waals surface area contributed by atoms with E-state index in [9.17, 15) is 19.5 Å². The van der Waals surface area contributed by atoms with Crippen LogP contribution >= 0.6 is 23.4 Å². The zero-order chi connectivity index (χ0) is 22.5. The van der Waals surface area contributed by atoms with Crippen molar-refractivity contribution < 1.29 is 29.0 Å². The van der Waals surface area contributed by atoms with Crippen LogP contribution in [0.25, 0.3) is 6.08 Å². The van der Waals surface area contributed by atoms with Gasteiger partial charge in [0.25, 0.3) is 11.1 Å². The number of halogens is 1. The fraction of sp³-hybridized carbons (Fsp3) is 0.227. The Morgan fingerprint density at radius 3 is 2.61 bits per heavy atom. The van der Waals surface area contributed by atoms with Crippen LogP contribution in [-0.4, -0.2) is 35.2 Å². The molecule has 3 rings (SSSR count). The van der Waals surface area contributed by atoms with Crippen LogP contribution in [0.2, 0.25) is 5.02 Å². The van der Waals surface area contributed by atoms with Crippen molar-refractivity contribution in [2.75, 3.05) is 13.2 Å². The third kappa shape index (κ3) is 5.21. The van der Waals surface area contributed by atoms with Crippen LogP contribution in [0.3, 0.4) is 0 Å². The quantitative estimate of drug-likeness (QED) is 0.553. The average Bonchev–Trinajstić information content (AvgIpc) is 3.00. The highest BCUT2D eigenvalue weighted by molar-refractivity contribution is 8.18. The van der Waals surface area contributed by atoms with Gasteiger partial charge in [-0.1, -0.05) is 29.8 Å². The van der Waals surface area contributed by atoms with Crippen LogP contribution < -0.4 is 14.6 Å². The molecule has 1 fully saturated rings. The van der Waals surface area contributed by atoms with Gasteiger partial charge < -0.3 is 19.4 Å². The van der Waals surface area contributed by atoms with E-state index in [0.29, 0.717) is 40.7 Å². The number of hydrogen-bond acceptors (Lipinski definition) is 7. The van der Waals surface area contributed by atoms with Gasteiger partial charge in [-0.25, -0.2) is 0 Å². The number of ether oxygens (including phenoxy) is 2. The van der Waals surface area contributed by atoms with Crippen molar-refractivity contribution in [1.29, 1.82) is 0 Å². The zero-order valence-corrected chi connectivity index (χ0v) is 18.4. The molecular weight excluding hydrogens is 442 g/mol. The Kier molecular flexibility index (Phi) is 7.25. The molecule has 0 radical (unpaired) electrons. The maximum Gasteiger partial charge on any atom is 0.293 e. The molecule has 0 bridgehead atoms. The van der Waals surface area contributed by atoms with E-state index >= 15 is 0 Å². The molecule has 162 valence electrons. The van der Waals surface area contributed by atoms with Crippen LogP contribution in [-0.2, 0) is 11.4 Å². The molecule has 2 aromatic rings. The molecule has 1 saturated heterocycles. The molecule has 0 aliphatic carbocycles. The number of imide groups is 1. The molecule has 0 atom stereocenters. The average molecular weight is 461 g/mol. The number of thioether (sulfide) groups is 1. The van der Waals surface area contributed by atoms with E-state index in [1.165, 1.54) is 17.0 Å². The van der Waals surface area contributed by atoms with Crippen LogP contribution in [0.15, 0.2) is 41.3 Å². The van der Waals surface area contributed by atoms with Gasteiger partial charge in [0.1, 0.15) is 6.61 Å². The van der Waals surface area contributed by atoms with Crippen molar-refractivity contribution in [3.8, 4) is 11.5 Å². The summed E-state index contributed by atoms with van der Waals surface area (Å²) in [5.41, 5.74) is 1.26. The summed E-state index contributed by atoms with van der Waals surface area (Å²) < 4.78 is 11.5. The smallest absolute Gasteiger partial charge is 0.293 e. The third-order valence-corrected chi connectivity index (χ3v) is 5.55. The molecule has 0 saturated carbocycles. The number of hydrogen-bond donors (Lipinski definition) is 0. The minimum atomic E-state index is -1.27. The second-order valence-corrected chi connectivity index (χ2v) is 7.87. The summed E-state index contributed by atoms with van der Waals surface area (Å²) in [6, 6.07) is 9.49. The standard InChI is InChI=1S/C22H20ClNO6S/c1-3-24-20(25)18(31-22(24)28)11-14-9-16(23)19(17(10-14)29-4-2)30-12-13-6-5-7-15(8-13)21(26)27/h5-11H,3-4,12H2,1-2H3,(H,26,27)/p-1/b18-11+. The second-order valence-electron chi connectivity index (χ2n) is 6.47. The Balaban J connectivity index is 1.86. The lowest BCUT2D eigenvalue weighted by Crippen LogP contribution is -2.27. The van der Waals surface area contributed by atoms with Crippen molar-refractivity contribution in [2.45, 2.75) is 20.5 Å². The number of likely N-dealkylation sites (N-methyl/N-ethyl adjacent to an activating group) is 1. The van der Waals surface area contributed by atoms with E-state index in [0.717, 1.165) is 11.8 Å². The van der Waals surface area contributed by atoms with Crippen molar-refractivity contribution in [1.82, 2.24) is 4.90 Å². The third-order valence-electron chi connectivity index (χ3n) is 4.37. The van der Waals surface area contributed by atoms with Gasteiger partial charge in [0.2, 0.25) is 0 Å². The predicted octanol–water partition coefficient (Wildman–Crippen LogP) is 3.74. The van der Waals surface area contributed by atoms with Crippen molar-refractivity contribution in [3.63, 3.8) is 0 Å². The molecule has 2 aromatic carbocycles. The normalized spacial score (nSPS) is 14.9. The number of carbonyl (C=O) groups excluding carboxylic acids is 3. The van der Waals surface area contributed by atoms with Gasteiger partial charge in [-0.3, -0.25) is 14.5 Å². The fourth-order valence-corrected chi connectivity index (χ4v) is 4.12. The molecule has 0 N–H and O–H groups in total. The van der Waals surface area contributed by atoms with Crippen molar-refractivity contribution in [3.05, 3.63) is 63.0 Å². The number of amides is 2. The SMILES string of the molecule is CCOc1cc(/C=C2/SC(=O)N(CC)C2=O)cc(Cl)c1OCc1cccc(C(=O)[O-])c1. The fourth-order valence-electron chi connectivity index (χ4n) is 2.94. The van der Waals surface area contributed by atoms with Crippen LogP contribution in [0.4, 0.5) is 4.79 Å². The molecule has 0 aromatic heterocycles. The van der Waals surface area contributed by atoms with Gasteiger partial charge in [0, 0.05) is 6.54 Å². The first-order valence-corrected chi connectivity index (χ1v) is 10.7. The number of nitrogens with zero attached hydrogens (tertiary/aromatic N) is 1. The summed E-state index contributed by atoms with van der Waals surface area (Å²) in [5.74, 6) is -0.959. The number of aromatic carboxylic acids is 1. The highest BCUT2D eigenvalue weighted by Gasteiger charge is 2.33. The summed E-state index contributed by atoms with van der Waals surface area (Å²) in [6.45, 7) is 4.26. The lowest BCUT2D eigenvalue weighted by Gasteiger charge is -2.15. The summed E-state index contributed by atoms with van der Waals surface area (Å²) in [6.07, 6.45) is 1.59. The van der Waals surface area contributed by atoms with Crippen molar-refractivity contribution >= 4 is 46.6 Å². The molecule has 9 heteroatoms. The summed E-state index contributed by atoms with van der Waals surface area (Å²) in [4.78, 5) is 36.7. The Hall–Kier alpha value is -2.97. The molecule has 1 heterocycles. The summed E-state index contributed by atoms with van der Waals surface area (Å²) >= 11 is 7.29. The lowest BCUT2D eigenvalue weighted by molar-refractivity contribution is -0.255. The summed E-state index contributed by atoms with van der Waals surface area (Å²) in [7, 11) is 0. The molecule has 2 amide bonds. The monoisotopic (exact) mass is 460 g/mol. The highest BCUT2D eigenvalue weighted by atomic mass is 35.5. The topological polar surface area (TPSA) is 96.0 Å². The van der Waals surface area contributed by atoms with E-state index in [2.05, 4.69) is 0 Å². The number of benzene rings is 2. The number of carbonyl (C=O) groups is 3. The Bertz CT molecular complexity index is 1070. The van der Waals surface area contributed by atoms with Crippen LogP contribution in [0.5, 0.6) is 11.5 Å². The number of carboxylic acid groups (broad SMARTS) is 1. The van der Waals surface area contributed by atoms with E-state index in [4.69, 9.17) is 21.1 Å². The number of rotatable bonds is 8. The molecular formula is C22H19ClNO6S-. The van der Waals surface area contributed by atoms with Crippen molar-refractivity contribution in [2.24, 2.45) is 0 Å². The largest absolute Gasteiger partial charge is 0.545 e. The van der Waals surface area contributed by atoms with E-state index in [1.54, 1.807) is 44.2 Å². The maximum absolute atomic E-state index is 12.3. The molecule has 0 unspecified atom stereocenters. The summed E-state index contributed by atoms with van der Waals surface area (Å²) in [5, 5.41) is 11.0. The van der Waals surface area contributed by atoms with Gasteiger partial charge in [-0.2, -0.15) is 0 Å². The maximum atomic E-state index is 12.3. The predicted molar refractivity (Wildman–Crippen MR) is 116 cm³/mol. The molecule has 1 aliphatic rings. The van der Waals surface area contributed by atoms with Crippen LogP contribution in [0, 0.1) is 0 Å². The Morgan fingerprint density at radius 2 is 1.97 bits per heavy atom. The Morgan fingerprint density at radius 1 is 1.19 bits per heavy atom. The molecule has 1 aliphatic heterocycles. The Labute approximate surface area is 188 Å². The van der Waals surface area contributed by atoms with Gasteiger partial charge in [-0.15, -0.1) is 0 Å².